The van der Waals surface area contributed by atoms with Crippen LogP contribution in [-0.4, -0.2) is 28.9 Å². The van der Waals surface area contributed by atoms with Gasteiger partial charge in [-0.05, 0) is 38.0 Å². The Morgan fingerprint density at radius 1 is 1.40 bits per heavy atom. The van der Waals surface area contributed by atoms with Crippen molar-refractivity contribution in [3.63, 3.8) is 0 Å². The standard InChI is InChI=1S/C11H18N2OS/c1-6(10(12)15)13(2)11(14)9-4-7-3-8(7)5-9/h6-9H,3-5H2,1-2H3,(H2,12,15). The summed E-state index contributed by atoms with van der Waals surface area (Å²) in [7, 11) is 1.80. The van der Waals surface area contributed by atoms with Gasteiger partial charge in [0.05, 0.1) is 11.0 Å². The molecule has 3 nitrogen and oxygen atoms in total. The fraction of sp³-hybridized carbons (Fsp3) is 0.818. The number of hydrogen-bond acceptors (Lipinski definition) is 2. The first-order chi connectivity index (χ1) is 7.00. The van der Waals surface area contributed by atoms with Crippen LogP contribution in [0, 0.1) is 17.8 Å². The van der Waals surface area contributed by atoms with Crippen LogP contribution in [0.5, 0.6) is 0 Å². The van der Waals surface area contributed by atoms with Crippen LogP contribution < -0.4 is 5.73 Å². The zero-order valence-electron chi connectivity index (χ0n) is 9.27. The van der Waals surface area contributed by atoms with Gasteiger partial charge in [0.15, 0.2) is 0 Å². The Bertz CT molecular complexity index is 295. The van der Waals surface area contributed by atoms with E-state index in [1.807, 2.05) is 6.92 Å². The maximum Gasteiger partial charge on any atom is 0.226 e. The van der Waals surface area contributed by atoms with Gasteiger partial charge in [0.2, 0.25) is 5.91 Å². The summed E-state index contributed by atoms with van der Waals surface area (Å²) in [6, 6.07) is -0.121. The van der Waals surface area contributed by atoms with Crippen molar-refractivity contribution in [1.29, 1.82) is 0 Å². The average Bonchev–Trinajstić information content (AvgIpc) is 2.82. The molecule has 4 heteroatoms. The van der Waals surface area contributed by atoms with Gasteiger partial charge in [-0.25, -0.2) is 0 Å². The number of rotatable bonds is 3. The number of amides is 1. The highest BCUT2D eigenvalue weighted by Crippen LogP contribution is 2.54. The number of thiocarbonyl (C=S) groups is 1. The summed E-state index contributed by atoms with van der Waals surface area (Å²) in [6.45, 7) is 1.88. The monoisotopic (exact) mass is 226 g/mol. The smallest absolute Gasteiger partial charge is 0.226 e. The van der Waals surface area contributed by atoms with Crippen LogP contribution >= 0.6 is 12.2 Å². The third kappa shape index (κ3) is 2.00. The Kier molecular flexibility index (Phi) is 2.71. The minimum absolute atomic E-state index is 0.121. The normalized spacial score (nSPS) is 34.4. The molecule has 0 aromatic carbocycles. The van der Waals surface area contributed by atoms with Crippen LogP contribution in [0.25, 0.3) is 0 Å². The molecule has 1 amide bonds. The van der Waals surface area contributed by atoms with E-state index in [-0.39, 0.29) is 17.9 Å². The van der Waals surface area contributed by atoms with Gasteiger partial charge < -0.3 is 10.6 Å². The van der Waals surface area contributed by atoms with Crippen molar-refractivity contribution >= 4 is 23.1 Å². The topological polar surface area (TPSA) is 46.3 Å². The highest BCUT2D eigenvalue weighted by Gasteiger charge is 2.48. The van der Waals surface area contributed by atoms with Crippen LogP contribution in [0.4, 0.5) is 0 Å². The van der Waals surface area contributed by atoms with E-state index in [4.69, 9.17) is 18.0 Å². The van der Waals surface area contributed by atoms with E-state index in [1.54, 1.807) is 11.9 Å². The third-order valence-corrected chi connectivity index (χ3v) is 4.27. The zero-order valence-corrected chi connectivity index (χ0v) is 10.1. The lowest BCUT2D eigenvalue weighted by Crippen LogP contribution is -2.45. The van der Waals surface area contributed by atoms with Gasteiger partial charge in [-0.3, -0.25) is 4.79 Å². The number of carbonyl (C=O) groups is 1. The molecule has 0 heterocycles. The molecular weight excluding hydrogens is 208 g/mol. The van der Waals surface area contributed by atoms with E-state index < -0.39 is 0 Å². The lowest BCUT2D eigenvalue weighted by atomic mass is 10.0. The minimum Gasteiger partial charge on any atom is -0.392 e. The maximum absolute atomic E-state index is 12.1. The van der Waals surface area contributed by atoms with Crippen LogP contribution in [0.15, 0.2) is 0 Å². The highest BCUT2D eigenvalue weighted by atomic mass is 32.1. The van der Waals surface area contributed by atoms with E-state index >= 15 is 0 Å². The highest BCUT2D eigenvalue weighted by molar-refractivity contribution is 7.80. The third-order valence-electron chi connectivity index (χ3n) is 3.93. The first-order valence-electron chi connectivity index (χ1n) is 5.56. The SMILES string of the molecule is CC(C(N)=S)N(C)C(=O)C1CC2CC2C1. The van der Waals surface area contributed by atoms with Crippen molar-refractivity contribution in [3.05, 3.63) is 0 Å². The molecule has 2 N–H and O–H groups in total. The van der Waals surface area contributed by atoms with Crippen LogP contribution in [0.2, 0.25) is 0 Å². The molecule has 2 rings (SSSR count). The predicted octanol–water partition coefficient (Wildman–Crippen LogP) is 1.17. The Morgan fingerprint density at radius 2 is 1.93 bits per heavy atom. The molecule has 0 radical (unpaired) electrons. The zero-order chi connectivity index (χ0) is 11.2. The number of nitrogens with zero attached hydrogens (tertiary/aromatic N) is 1. The van der Waals surface area contributed by atoms with Gasteiger partial charge in [-0.2, -0.15) is 0 Å². The first kappa shape index (κ1) is 10.9. The van der Waals surface area contributed by atoms with Crippen molar-refractivity contribution in [2.45, 2.75) is 32.2 Å². The van der Waals surface area contributed by atoms with Gasteiger partial charge in [0.25, 0.3) is 0 Å². The summed E-state index contributed by atoms with van der Waals surface area (Å²) in [5.74, 6) is 2.14. The molecule has 15 heavy (non-hydrogen) atoms. The molecule has 84 valence electrons. The van der Waals surface area contributed by atoms with Crippen LogP contribution in [0.1, 0.15) is 26.2 Å². The molecule has 0 spiro atoms. The van der Waals surface area contributed by atoms with Crippen molar-refractivity contribution in [3.8, 4) is 0 Å². The summed E-state index contributed by atoms with van der Waals surface area (Å²) in [5, 5.41) is 0. The number of likely N-dealkylation sites (N-methyl/N-ethyl adjacent to an activating group) is 1. The van der Waals surface area contributed by atoms with E-state index in [9.17, 15) is 4.79 Å². The molecule has 2 aliphatic carbocycles. The van der Waals surface area contributed by atoms with Gasteiger partial charge in [0.1, 0.15) is 0 Å². The number of carbonyl (C=O) groups excluding carboxylic acids is 1. The van der Waals surface area contributed by atoms with E-state index in [2.05, 4.69) is 0 Å². The molecule has 0 saturated heterocycles. The molecular formula is C11H18N2OS. The predicted molar refractivity (Wildman–Crippen MR) is 63.3 cm³/mol. The molecule has 3 atom stereocenters. The van der Waals surface area contributed by atoms with Crippen molar-refractivity contribution in [1.82, 2.24) is 4.90 Å². The second-order valence-corrected chi connectivity index (χ2v) is 5.42. The van der Waals surface area contributed by atoms with Gasteiger partial charge in [-0.15, -0.1) is 0 Å². The van der Waals surface area contributed by atoms with E-state index in [0.717, 1.165) is 24.7 Å². The largest absolute Gasteiger partial charge is 0.392 e. The maximum atomic E-state index is 12.1. The average molecular weight is 226 g/mol. The molecule has 0 aromatic heterocycles. The summed E-state index contributed by atoms with van der Waals surface area (Å²) in [5.41, 5.74) is 5.55. The second-order valence-electron chi connectivity index (χ2n) is 4.95. The molecule has 0 aliphatic heterocycles. The fourth-order valence-electron chi connectivity index (χ4n) is 2.59. The van der Waals surface area contributed by atoms with Crippen molar-refractivity contribution in [2.24, 2.45) is 23.5 Å². The quantitative estimate of drug-likeness (QED) is 0.735. The lowest BCUT2D eigenvalue weighted by molar-refractivity contribution is -0.135. The summed E-state index contributed by atoms with van der Waals surface area (Å²) in [4.78, 5) is 14.2. The van der Waals surface area contributed by atoms with Gasteiger partial charge >= 0.3 is 0 Å². The van der Waals surface area contributed by atoms with Crippen molar-refractivity contribution in [2.75, 3.05) is 7.05 Å². The lowest BCUT2D eigenvalue weighted by Gasteiger charge is -2.27. The van der Waals surface area contributed by atoms with Gasteiger partial charge in [-0.1, -0.05) is 12.2 Å². The minimum atomic E-state index is -0.121. The first-order valence-corrected chi connectivity index (χ1v) is 5.97. The Hall–Kier alpha value is -0.640. The fourth-order valence-corrected chi connectivity index (χ4v) is 2.74. The van der Waals surface area contributed by atoms with E-state index in [0.29, 0.717) is 4.99 Å². The summed E-state index contributed by atoms with van der Waals surface area (Å²) < 4.78 is 0. The molecule has 2 aliphatic rings. The van der Waals surface area contributed by atoms with E-state index in [1.165, 1.54) is 6.42 Å². The number of hydrogen-bond donors (Lipinski definition) is 1. The molecule has 3 unspecified atom stereocenters. The Morgan fingerprint density at radius 3 is 2.40 bits per heavy atom. The van der Waals surface area contributed by atoms with Crippen molar-refractivity contribution < 1.29 is 4.79 Å². The number of fused-ring (bicyclic) bond motifs is 1. The Balaban J connectivity index is 1.92. The second kappa shape index (κ2) is 3.74. The van der Waals surface area contributed by atoms with Crippen LogP contribution in [0.3, 0.4) is 0 Å². The molecule has 2 fully saturated rings. The Labute approximate surface area is 96.0 Å². The van der Waals surface area contributed by atoms with Crippen LogP contribution in [-0.2, 0) is 4.79 Å². The summed E-state index contributed by atoms with van der Waals surface area (Å²) in [6.07, 6.45) is 3.51. The summed E-state index contributed by atoms with van der Waals surface area (Å²) >= 11 is 4.90. The van der Waals surface area contributed by atoms with Gasteiger partial charge in [0, 0.05) is 13.0 Å². The number of nitrogens with two attached hydrogens (primary N) is 1. The molecule has 2 saturated carbocycles. The molecule has 0 bridgehead atoms. The molecule has 0 aromatic rings.